The van der Waals surface area contributed by atoms with Crippen LogP contribution in [0.2, 0.25) is 0 Å². The number of hydrogen-bond donors (Lipinski definition) is 0. The molecule has 0 amide bonds. The van der Waals surface area contributed by atoms with Crippen LogP contribution in [-0.2, 0) is 9.53 Å². The van der Waals surface area contributed by atoms with E-state index in [0.29, 0.717) is 12.2 Å². The average Bonchev–Trinajstić information content (AvgIpc) is 2.37. The molecule has 19 heavy (non-hydrogen) atoms. The number of carbonyl (C=O) groups excluding carboxylic acids is 2. The first-order chi connectivity index (χ1) is 8.94. The first kappa shape index (κ1) is 15.2. The van der Waals surface area contributed by atoms with Gasteiger partial charge in [0.15, 0.2) is 5.78 Å². The lowest BCUT2D eigenvalue weighted by Gasteiger charge is -2.18. The van der Waals surface area contributed by atoms with Crippen LogP contribution < -0.4 is 0 Å². The number of carbonyl (C=O) groups is 2. The molecule has 0 unspecified atom stereocenters. The van der Waals surface area contributed by atoms with Crippen LogP contribution in [0, 0.1) is 5.41 Å². The highest BCUT2D eigenvalue weighted by molar-refractivity contribution is 6.04. The highest BCUT2D eigenvalue weighted by Gasteiger charge is 2.20. The first-order valence-electron chi connectivity index (χ1n) is 6.39. The molecule has 3 heteroatoms. The van der Waals surface area contributed by atoms with Crippen molar-refractivity contribution in [3.05, 3.63) is 48.0 Å². The van der Waals surface area contributed by atoms with Crippen LogP contribution in [0.15, 0.2) is 42.5 Å². The van der Waals surface area contributed by atoms with Crippen molar-refractivity contribution >= 4 is 11.8 Å². The summed E-state index contributed by atoms with van der Waals surface area (Å²) in [7, 11) is 0. The van der Waals surface area contributed by atoms with Gasteiger partial charge in [0.2, 0.25) is 0 Å². The van der Waals surface area contributed by atoms with Crippen molar-refractivity contribution in [3.8, 4) is 0 Å². The molecule has 0 atom stereocenters. The molecular formula is C16H20O3. The molecule has 0 N–H and O–H groups in total. The monoisotopic (exact) mass is 260 g/mol. The summed E-state index contributed by atoms with van der Waals surface area (Å²) >= 11 is 0. The van der Waals surface area contributed by atoms with Crippen LogP contribution in [0.4, 0.5) is 0 Å². The van der Waals surface area contributed by atoms with Gasteiger partial charge >= 0.3 is 5.97 Å². The van der Waals surface area contributed by atoms with Gasteiger partial charge in [-0.25, -0.2) is 0 Å². The summed E-state index contributed by atoms with van der Waals surface area (Å²) in [5.74, 6) is -0.304. The molecule has 0 aliphatic rings. The van der Waals surface area contributed by atoms with E-state index in [4.69, 9.17) is 4.74 Å². The van der Waals surface area contributed by atoms with Crippen molar-refractivity contribution in [1.29, 1.82) is 0 Å². The zero-order valence-electron chi connectivity index (χ0n) is 11.7. The van der Waals surface area contributed by atoms with E-state index in [1.807, 2.05) is 32.0 Å². The Bertz CT molecular complexity index is 458. The van der Waals surface area contributed by atoms with Crippen molar-refractivity contribution in [2.24, 2.45) is 5.41 Å². The Kier molecular flexibility index (Phi) is 5.49. The summed E-state index contributed by atoms with van der Waals surface area (Å²) in [6.45, 7) is 5.96. The summed E-state index contributed by atoms with van der Waals surface area (Å²) in [6, 6.07) is 9.05. The van der Waals surface area contributed by atoms with Gasteiger partial charge in [0, 0.05) is 5.56 Å². The fourth-order valence-electron chi connectivity index (χ4n) is 1.64. The molecule has 0 heterocycles. The number of ether oxygens (including phenoxy) is 1. The van der Waals surface area contributed by atoms with E-state index in [1.165, 1.54) is 6.08 Å². The van der Waals surface area contributed by atoms with Gasteiger partial charge in [-0.2, -0.15) is 0 Å². The molecule has 0 fully saturated rings. The third-order valence-corrected chi connectivity index (χ3v) is 2.65. The molecule has 1 aromatic rings. The molecule has 3 nitrogen and oxygen atoms in total. The lowest BCUT2D eigenvalue weighted by atomic mass is 9.88. The van der Waals surface area contributed by atoms with Gasteiger partial charge in [-0.1, -0.05) is 50.3 Å². The van der Waals surface area contributed by atoms with Crippen LogP contribution in [0.3, 0.4) is 0 Å². The molecule has 1 rings (SSSR count). The molecule has 0 spiro atoms. The maximum absolute atomic E-state index is 11.9. The Morgan fingerprint density at radius 1 is 1.21 bits per heavy atom. The predicted molar refractivity (Wildman–Crippen MR) is 74.9 cm³/mol. The molecule has 0 saturated carbocycles. The molecule has 0 aliphatic heterocycles. The standard InChI is InChI=1S/C16H20O3/c1-4-19-15(18)12-16(2,3)11-10-14(17)13-8-6-5-7-9-13/h5-11H,4,12H2,1-3H3. The first-order valence-corrected chi connectivity index (χ1v) is 6.39. The van der Waals surface area contributed by atoms with E-state index in [1.54, 1.807) is 25.1 Å². The second kappa shape index (κ2) is 6.88. The zero-order valence-corrected chi connectivity index (χ0v) is 11.7. The Balaban J connectivity index is 2.64. The van der Waals surface area contributed by atoms with Gasteiger partial charge in [0.25, 0.3) is 0 Å². The molecule has 0 aromatic heterocycles. The van der Waals surface area contributed by atoms with Gasteiger partial charge < -0.3 is 4.74 Å². The lowest BCUT2D eigenvalue weighted by Crippen LogP contribution is -2.17. The van der Waals surface area contributed by atoms with Gasteiger partial charge in [-0.3, -0.25) is 9.59 Å². The topological polar surface area (TPSA) is 43.4 Å². The van der Waals surface area contributed by atoms with Crippen LogP contribution in [0.25, 0.3) is 0 Å². The number of rotatable bonds is 6. The van der Waals surface area contributed by atoms with Crippen molar-refractivity contribution in [2.45, 2.75) is 27.2 Å². The van der Waals surface area contributed by atoms with Crippen molar-refractivity contribution in [1.82, 2.24) is 0 Å². The van der Waals surface area contributed by atoms with Crippen molar-refractivity contribution in [2.75, 3.05) is 6.61 Å². The van der Waals surface area contributed by atoms with E-state index in [2.05, 4.69) is 0 Å². The number of ketones is 1. The summed E-state index contributed by atoms with van der Waals surface area (Å²) in [6.07, 6.45) is 3.55. The predicted octanol–water partition coefficient (Wildman–Crippen LogP) is 3.40. The fourth-order valence-corrected chi connectivity index (χ4v) is 1.64. The molecule has 0 saturated heterocycles. The maximum atomic E-state index is 11.9. The second-order valence-electron chi connectivity index (χ2n) is 5.03. The van der Waals surface area contributed by atoms with Gasteiger partial charge in [0.1, 0.15) is 0 Å². The summed E-state index contributed by atoms with van der Waals surface area (Å²) in [5, 5.41) is 0. The van der Waals surface area contributed by atoms with E-state index in [9.17, 15) is 9.59 Å². The van der Waals surface area contributed by atoms with E-state index in [0.717, 1.165) is 0 Å². The average molecular weight is 260 g/mol. The highest BCUT2D eigenvalue weighted by atomic mass is 16.5. The molecule has 1 aromatic carbocycles. The second-order valence-corrected chi connectivity index (χ2v) is 5.03. The minimum Gasteiger partial charge on any atom is -0.466 e. The molecule has 0 aliphatic carbocycles. The van der Waals surface area contributed by atoms with Crippen LogP contribution in [0.1, 0.15) is 37.6 Å². The fraction of sp³-hybridized carbons (Fsp3) is 0.375. The Labute approximate surface area is 114 Å². The van der Waals surface area contributed by atoms with Crippen molar-refractivity contribution in [3.63, 3.8) is 0 Å². The molecule has 0 bridgehead atoms. The number of benzene rings is 1. The Morgan fingerprint density at radius 2 is 1.84 bits per heavy atom. The lowest BCUT2D eigenvalue weighted by molar-refractivity contribution is -0.144. The van der Waals surface area contributed by atoms with Gasteiger partial charge in [0.05, 0.1) is 13.0 Å². The third-order valence-electron chi connectivity index (χ3n) is 2.65. The Morgan fingerprint density at radius 3 is 2.42 bits per heavy atom. The normalized spacial score (nSPS) is 11.5. The van der Waals surface area contributed by atoms with Gasteiger partial charge in [-0.05, 0) is 18.4 Å². The van der Waals surface area contributed by atoms with Crippen LogP contribution in [0.5, 0.6) is 0 Å². The summed E-state index contributed by atoms with van der Waals surface area (Å²) < 4.78 is 4.91. The molecule has 102 valence electrons. The van der Waals surface area contributed by atoms with E-state index >= 15 is 0 Å². The minimum atomic E-state index is -0.392. The summed E-state index contributed by atoms with van der Waals surface area (Å²) in [4.78, 5) is 23.3. The SMILES string of the molecule is CCOC(=O)CC(C)(C)C=CC(=O)c1ccccc1. The number of allylic oxidation sites excluding steroid dienone is 2. The van der Waals surface area contributed by atoms with E-state index in [-0.39, 0.29) is 18.2 Å². The van der Waals surface area contributed by atoms with Crippen LogP contribution >= 0.6 is 0 Å². The number of esters is 1. The highest BCUT2D eigenvalue weighted by Crippen LogP contribution is 2.23. The molecule has 0 radical (unpaired) electrons. The molecular weight excluding hydrogens is 240 g/mol. The zero-order chi connectivity index (χ0) is 14.3. The summed E-state index contributed by atoms with van der Waals surface area (Å²) in [5.41, 5.74) is 0.252. The minimum absolute atomic E-state index is 0.0578. The van der Waals surface area contributed by atoms with Crippen molar-refractivity contribution < 1.29 is 14.3 Å². The number of hydrogen-bond acceptors (Lipinski definition) is 3. The third kappa shape index (κ3) is 5.51. The maximum Gasteiger partial charge on any atom is 0.306 e. The largest absolute Gasteiger partial charge is 0.466 e. The van der Waals surface area contributed by atoms with E-state index < -0.39 is 5.41 Å². The van der Waals surface area contributed by atoms with Crippen LogP contribution in [-0.4, -0.2) is 18.4 Å². The quantitative estimate of drug-likeness (QED) is 0.447. The van der Waals surface area contributed by atoms with Gasteiger partial charge in [-0.15, -0.1) is 0 Å². The smallest absolute Gasteiger partial charge is 0.306 e. The Hall–Kier alpha value is -1.90.